The van der Waals surface area contributed by atoms with Gasteiger partial charge >= 0.3 is 6.03 Å². The van der Waals surface area contributed by atoms with E-state index in [1.54, 1.807) is 0 Å². The van der Waals surface area contributed by atoms with Gasteiger partial charge in [-0.25, -0.2) is 18.4 Å². The maximum absolute atomic E-state index is 11.9. The van der Waals surface area contributed by atoms with Gasteiger partial charge in [-0.3, -0.25) is 0 Å². The summed E-state index contributed by atoms with van der Waals surface area (Å²) in [6.07, 6.45) is 0.933. The second kappa shape index (κ2) is 6.59. The molecule has 0 aromatic heterocycles. The molecule has 2 rings (SSSR count). The van der Waals surface area contributed by atoms with Gasteiger partial charge in [0.1, 0.15) is 0 Å². The van der Waals surface area contributed by atoms with Gasteiger partial charge in [0.25, 0.3) is 0 Å². The Morgan fingerprint density at radius 1 is 0.955 bits per heavy atom. The number of benzene rings is 2. The maximum Gasteiger partial charge on any atom is 0.323 e. The molecule has 0 radical (unpaired) electrons. The van der Waals surface area contributed by atoms with Crippen LogP contribution in [0.15, 0.2) is 53.4 Å². The number of hydrogen-bond donors (Lipinski definition) is 3. The lowest BCUT2D eigenvalue weighted by Crippen LogP contribution is -2.19. The van der Waals surface area contributed by atoms with Crippen LogP contribution in [0, 0.1) is 0 Å². The summed E-state index contributed by atoms with van der Waals surface area (Å²) < 4.78 is 22.3. The second-order valence-corrected chi connectivity index (χ2v) is 6.26. The third-order valence-corrected chi connectivity index (χ3v) is 3.99. The average molecular weight is 319 g/mol. The summed E-state index contributed by atoms with van der Waals surface area (Å²) in [7, 11) is -3.73. The number of aryl methyl sites for hydroxylation is 1. The molecular formula is C15H17N3O3S. The molecule has 0 heterocycles. The number of carbonyl (C=O) groups excluding carboxylic acids is 1. The third kappa shape index (κ3) is 4.31. The number of primary sulfonamides is 1. The van der Waals surface area contributed by atoms with Crippen LogP contribution >= 0.6 is 0 Å². The van der Waals surface area contributed by atoms with Crippen LogP contribution in [0.2, 0.25) is 0 Å². The van der Waals surface area contributed by atoms with E-state index < -0.39 is 16.1 Å². The highest BCUT2D eigenvalue weighted by Gasteiger charge is 2.08. The summed E-state index contributed by atoms with van der Waals surface area (Å²) in [6.45, 7) is 2.06. The van der Waals surface area contributed by atoms with Crippen molar-refractivity contribution >= 4 is 27.4 Å². The van der Waals surface area contributed by atoms with Gasteiger partial charge < -0.3 is 10.6 Å². The number of amides is 2. The van der Waals surface area contributed by atoms with E-state index in [2.05, 4.69) is 17.6 Å². The van der Waals surface area contributed by atoms with E-state index in [1.165, 1.54) is 29.8 Å². The van der Waals surface area contributed by atoms with Crippen LogP contribution in [-0.2, 0) is 16.4 Å². The fourth-order valence-corrected chi connectivity index (χ4v) is 2.36. The van der Waals surface area contributed by atoms with Gasteiger partial charge in [0, 0.05) is 11.4 Å². The molecule has 2 aromatic rings. The Bertz CT molecular complexity index is 754. The minimum atomic E-state index is -3.73. The zero-order valence-corrected chi connectivity index (χ0v) is 12.9. The molecule has 2 aromatic carbocycles. The monoisotopic (exact) mass is 319 g/mol. The fraction of sp³-hybridized carbons (Fsp3) is 0.133. The minimum absolute atomic E-state index is 0.00591. The van der Waals surface area contributed by atoms with Crippen molar-refractivity contribution in [2.45, 2.75) is 18.2 Å². The Labute approximate surface area is 129 Å². The lowest BCUT2D eigenvalue weighted by atomic mass is 10.1. The minimum Gasteiger partial charge on any atom is -0.308 e. The van der Waals surface area contributed by atoms with Crippen LogP contribution < -0.4 is 15.8 Å². The average Bonchev–Trinajstić information content (AvgIpc) is 2.47. The molecule has 0 unspecified atom stereocenters. The Balaban J connectivity index is 1.99. The second-order valence-electron chi connectivity index (χ2n) is 4.70. The van der Waals surface area contributed by atoms with Crippen molar-refractivity contribution in [1.82, 2.24) is 0 Å². The Hall–Kier alpha value is -2.38. The number of nitrogens with two attached hydrogens (primary N) is 1. The first-order chi connectivity index (χ1) is 10.4. The van der Waals surface area contributed by atoms with Crippen LogP contribution in [0.1, 0.15) is 12.5 Å². The molecule has 0 aliphatic rings. The third-order valence-electron chi connectivity index (χ3n) is 3.06. The predicted molar refractivity (Wildman–Crippen MR) is 86.3 cm³/mol. The van der Waals surface area contributed by atoms with Crippen LogP contribution in [0.25, 0.3) is 0 Å². The normalized spacial score (nSPS) is 11.0. The molecule has 0 aliphatic carbocycles. The number of anilines is 2. The van der Waals surface area contributed by atoms with Gasteiger partial charge in [0.15, 0.2) is 0 Å². The van der Waals surface area contributed by atoms with Gasteiger partial charge in [0.2, 0.25) is 10.0 Å². The predicted octanol–water partition coefficient (Wildman–Crippen LogP) is 2.54. The highest BCUT2D eigenvalue weighted by Crippen LogP contribution is 2.14. The van der Waals surface area contributed by atoms with Gasteiger partial charge in [-0.1, -0.05) is 19.1 Å². The Kier molecular flexibility index (Phi) is 4.79. The van der Waals surface area contributed by atoms with Crippen LogP contribution in [0.5, 0.6) is 0 Å². The van der Waals surface area contributed by atoms with E-state index in [0.29, 0.717) is 11.4 Å². The molecule has 0 aliphatic heterocycles. The van der Waals surface area contributed by atoms with Gasteiger partial charge in [-0.2, -0.15) is 0 Å². The molecule has 116 valence electrons. The molecule has 0 bridgehead atoms. The maximum atomic E-state index is 11.9. The molecule has 7 heteroatoms. The largest absolute Gasteiger partial charge is 0.323 e. The Morgan fingerprint density at radius 2 is 1.41 bits per heavy atom. The molecule has 0 saturated heterocycles. The number of urea groups is 1. The summed E-state index contributed by atoms with van der Waals surface area (Å²) in [4.78, 5) is 11.8. The molecule has 0 atom stereocenters. The van der Waals surface area contributed by atoms with Gasteiger partial charge in [-0.15, -0.1) is 0 Å². The van der Waals surface area contributed by atoms with E-state index in [1.807, 2.05) is 24.3 Å². The molecule has 22 heavy (non-hydrogen) atoms. The molecule has 2 amide bonds. The molecule has 0 spiro atoms. The number of rotatable bonds is 4. The van der Waals surface area contributed by atoms with Crippen molar-refractivity contribution in [3.63, 3.8) is 0 Å². The number of carbonyl (C=O) groups is 1. The zero-order valence-electron chi connectivity index (χ0n) is 12.0. The van der Waals surface area contributed by atoms with Crippen molar-refractivity contribution < 1.29 is 13.2 Å². The lowest BCUT2D eigenvalue weighted by Gasteiger charge is -2.08. The van der Waals surface area contributed by atoms with E-state index in [-0.39, 0.29) is 4.90 Å². The standard InChI is InChI=1S/C15H17N3O3S/c1-2-11-3-5-12(6-4-11)17-15(19)18-13-7-9-14(10-8-13)22(16,20)21/h3-10H,2H2,1H3,(H2,16,20,21)(H2,17,18,19). The lowest BCUT2D eigenvalue weighted by molar-refractivity contribution is 0.262. The summed E-state index contributed by atoms with van der Waals surface area (Å²) in [5, 5.41) is 10.3. The SMILES string of the molecule is CCc1ccc(NC(=O)Nc2ccc(S(N)(=O)=O)cc2)cc1. The number of nitrogens with one attached hydrogen (secondary N) is 2. The van der Waals surface area contributed by atoms with Crippen LogP contribution in [0.4, 0.5) is 16.2 Å². The van der Waals surface area contributed by atoms with E-state index in [4.69, 9.17) is 5.14 Å². The zero-order chi connectivity index (χ0) is 16.2. The highest BCUT2D eigenvalue weighted by atomic mass is 32.2. The summed E-state index contributed by atoms with van der Waals surface area (Å²) in [5.74, 6) is 0. The molecule has 0 fully saturated rings. The van der Waals surface area contributed by atoms with Gasteiger partial charge in [0.05, 0.1) is 4.90 Å². The molecule has 0 saturated carbocycles. The molecular weight excluding hydrogens is 302 g/mol. The van der Waals surface area contributed by atoms with E-state index >= 15 is 0 Å². The smallest absolute Gasteiger partial charge is 0.308 e. The van der Waals surface area contributed by atoms with Crippen LogP contribution in [-0.4, -0.2) is 14.4 Å². The van der Waals surface area contributed by atoms with Gasteiger partial charge in [-0.05, 0) is 48.4 Å². The quantitative estimate of drug-likeness (QED) is 0.807. The Morgan fingerprint density at radius 3 is 1.82 bits per heavy atom. The summed E-state index contributed by atoms with van der Waals surface area (Å²) >= 11 is 0. The van der Waals surface area contributed by atoms with Crippen LogP contribution in [0.3, 0.4) is 0 Å². The van der Waals surface area contributed by atoms with E-state index in [0.717, 1.165) is 6.42 Å². The van der Waals surface area contributed by atoms with Crippen molar-refractivity contribution in [3.05, 3.63) is 54.1 Å². The highest BCUT2D eigenvalue weighted by molar-refractivity contribution is 7.89. The van der Waals surface area contributed by atoms with Crippen molar-refractivity contribution in [2.75, 3.05) is 10.6 Å². The summed E-state index contributed by atoms with van der Waals surface area (Å²) in [6, 6.07) is 12.7. The topological polar surface area (TPSA) is 101 Å². The fourth-order valence-electron chi connectivity index (χ4n) is 1.85. The first kappa shape index (κ1) is 16.0. The van der Waals surface area contributed by atoms with E-state index in [9.17, 15) is 13.2 Å². The first-order valence-corrected chi connectivity index (χ1v) is 8.23. The number of hydrogen-bond acceptors (Lipinski definition) is 3. The molecule has 6 nitrogen and oxygen atoms in total. The van der Waals surface area contributed by atoms with Crippen molar-refractivity contribution in [3.8, 4) is 0 Å². The summed E-state index contributed by atoms with van der Waals surface area (Å²) in [5.41, 5.74) is 2.33. The van der Waals surface area contributed by atoms with Crippen molar-refractivity contribution in [1.29, 1.82) is 0 Å². The first-order valence-electron chi connectivity index (χ1n) is 6.68. The molecule has 4 N–H and O–H groups in total. The van der Waals surface area contributed by atoms with Crippen molar-refractivity contribution in [2.24, 2.45) is 5.14 Å². The number of sulfonamides is 1.